The fourth-order valence-corrected chi connectivity index (χ4v) is 3.32. The van der Waals surface area contributed by atoms with E-state index < -0.39 is 0 Å². The van der Waals surface area contributed by atoms with Crippen LogP contribution in [0.4, 0.5) is 5.69 Å². The zero-order valence-corrected chi connectivity index (χ0v) is 16.6. The molecule has 0 unspecified atom stereocenters. The molecule has 0 aliphatic rings. The first-order valence-corrected chi connectivity index (χ1v) is 9.28. The van der Waals surface area contributed by atoms with Crippen molar-refractivity contribution in [3.63, 3.8) is 0 Å². The Hall–Kier alpha value is -2.33. The molecular formula is C22H28N2OS. The Bertz CT molecular complexity index is 711. The third-order valence-corrected chi connectivity index (χ3v) is 4.45. The number of nitrogens with one attached hydrogen (secondary N) is 2. The van der Waals surface area contributed by atoms with E-state index in [4.69, 9.17) is 17.0 Å². The average Bonchev–Trinajstić information content (AvgIpc) is 2.61. The molecular weight excluding hydrogens is 340 g/mol. The van der Waals surface area contributed by atoms with Crippen molar-refractivity contribution in [2.45, 2.75) is 38.6 Å². The Labute approximate surface area is 162 Å². The lowest BCUT2D eigenvalue weighted by atomic mass is 9.79. The van der Waals surface area contributed by atoms with Crippen LogP contribution in [0.3, 0.4) is 0 Å². The molecule has 1 atom stereocenters. The molecule has 0 aliphatic carbocycles. The first-order valence-electron chi connectivity index (χ1n) is 8.87. The molecule has 0 spiro atoms. The molecule has 0 saturated heterocycles. The summed E-state index contributed by atoms with van der Waals surface area (Å²) in [6.07, 6.45) is 2.71. The Kier molecular flexibility index (Phi) is 7.22. The third kappa shape index (κ3) is 6.19. The minimum Gasteiger partial charge on any atom is -0.490 e. The standard InChI is InChI=1S/C22H28N2OS/c1-5-15-25-20-13-11-19(12-14-20)24-21(26)23-17(2)16-22(3,4)18-9-7-6-8-10-18/h5-14,17H,1,15-16H2,2-4H3,(H2,23,24,26)/t17-/m0/s1. The van der Waals surface area contributed by atoms with E-state index in [2.05, 4.69) is 62.2 Å². The van der Waals surface area contributed by atoms with Gasteiger partial charge in [-0.15, -0.1) is 0 Å². The molecule has 0 radical (unpaired) electrons. The molecule has 0 aromatic heterocycles. The molecule has 0 heterocycles. The van der Waals surface area contributed by atoms with Gasteiger partial charge >= 0.3 is 0 Å². The number of ether oxygens (including phenoxy) is 1. The van der Waals surface area contributed by atoms with Crippen LogP contribution in [0.15, 0.2) is 67.3 Å². The van der Waals surface area contributed by atoms with Gasteiger partial charge in [0, 0.05) is 11.7 Å². The molecule has 4 heteroatoms. The summed E-state index contributed by atoms with van der Waals surface area (Å²) >= 11 is 5.45. The average molecular weight is 369 g/mol. The van der Waals surface area contributed by atoms with E-state index in [1.165, 1.54) is 5.56 Å². The van der Waals surface area contributed by atoms with Crippen molar-refractivity contribution >= 4 is 23.0 Å². The largest absolute Gasteiger partial charge is 0.490 e. The first kappa shape index (κ1) is 20.0. The van der Waals surface area contributed by atoms with Crippen molar-refractivity contribution in [2.75, 3.05) is 11.9 Å². The van der Waals surface area contributed by atoms with Gasteiger partial charge in [0.15, 0.2) is 5.11 Å². The Morgan fingerprint density at radius 3 is 2.42 bits per heavy atom. The van der Waals surface area contributed by atoms with Gasteiger partial charge in [-0.1, -0.05) is 56.8 Å². The van der Waals surface area contributed by atoms with E-state index in [0.29, 0.717) is 11.7 Å². The summed E-state index contributed by atoms with van der Waals surface area (Å²) in [5, 5.41) is 7.23. The Morgan fingerprint density at radius 1 is 1.15 bits per heavy atom. The van der Waals surface area contributed by atoms with Gasteiger partial charge in [0.25, 0.3) is 0 Å². The SMILES string of the molecule is C=CCOc1ccc(NC(=S)N[C@@H](C)CC(C)(C)c2ccccc2)cc1. The summed E-state index contributed by atoms with van der Waals surface area (Å²) < 4.78 is 5.48. The maximum absolute atomic E-state index is 5.48. The van der Waals surface area contributed by atoms with Crippen molar-refractivity contribution in [1.82, 2.24) is 5.32 Å². The zero-order chi connectivity index (χ0) is 19.0. The highest BCUT2D eigenvalue weighted by Gasteiger charge is 2.23. The summed E-state index contributed by atoms with van der Waals surface area (Å²) in [6.45, 7) is 10.8. The highest BCUT2D eigenvalue weighted by atomic mass is 32.1. The quantitative estimate of drug-likeness (QED) is 0.490. The molecule has 138 valence electrons. The highest BCUT2D eigenvalue weighted by Crippen LogP contribution is 2.28. The van der Waals surface area contributed by atoms with Crippen molar-refractivity contribution in [2.24, 2.45) is 0 Å². The van der Waals surface area contributed by atoms with Gasteiger partial charge in [-0.2, -0.15) is 0 Å². The lowest BCUT2D eigenvalue weighted by Crippen LogP contribution is -2.39. The Morgan fingerprint density at radius 2 is 1.81 bits per heavy atom. The van der Waals surface area contributed by atoms with E-state index in [9.17, 15) is 0 Å². The topological polar surface area (TPSA) is 33.3 Å². The molecule has 0 amide bonds. The van der Waals surface area contributed by atoms with Crippen LogP contribution in [-0.2, 0) is 5.41 Å². The summed E-state index contributed by atoms with van der Waals surface area (Å²) in [7, 11) is 0. The summed E-state index contributed by atoms with van der Waals surface area (Å²) in [4.78, 5) is 0. The van der Waals surface area contributed by atoms with Crippen LogP contribution >= 0.6 is 12.2 Å². The number of thiocarbonyl (C=S) groups is 1. The molecule has 0 bridgehead atoms. The Balaban J connectivity index is 1.86. The van der Waals surface area contributed by atoms with Crippen molar-refractivity contribution in [3.05, 3.63) is 72.8 Å². The molecule has 0 aliphatic heterocycles. The second-order valence-corrected chi connectivity index (χ2v) is 7.49. The predicted octanol–water partition coefficient (Wildman–Crippen LogP) is 5.29. The number of hydrogen-bond donors (Lipinski definition) is 2. The van der Waals surface area contributed by atoms with Crippen molar-refractivity contribution < 1.29 is 4.74 Å². The fourth-order valence-electron chi connectivity index (χ4n) is 3.00. The van der Waals surface area contributed by atoms with Crippen LogP contribution in [0, 0.1) is 0 Å². The fraction of sp³-hybridized carbons (Fsp3) is 0.318. The molecule has 2 aromatic rings. The lowest BCUT2D eigenvalue weighted by molar-refractivity contribution is 0.363. The first-order chi connectivity index (χ1) is 12.4. The maximum atomic E-state index is 5.48. The van der Waals surface area contributed by atoms with E-state index in [-0.39, 0.29) is 11.5 Å². The van der Waals surface area contributed by atoms with Crippen LogP contribution in [0.2, 0.25) is 0 Å². The van der Waals surface area contributed by atoms with Gasteiger partial charge in [-0.25, -0.2) is 0 Å². The summed E-state index contributed by atoms with van der Waals surface area (Å²) in [5.74, 6) is 0.812. The maximum Gasteiger partial charge on any atom is 0.170 e. The van der Waals surface area contributed by atoms with Crippen LogP contribution in [0.5, 0.6) is 5.75 Å². The van der Waals surface area contributed by atoms with E-state index in [1.54, 1.807) is 6.08 Å². The summed E-state index contributed by atoms with van der Waals surface area (Å²) in [5.41, 5.74) is 2.35. The highest BCUT2D eigenvalue weighted by molar-refractivity contribution is 7.80. The number of benzene rings is 2. The van der Waals surface area contributed by atoms with Gasteiger partial charge in [0.1, 0.15) is 12.4 Å². The third-order valence-electron chi connectivity index (χ3n) is 4.23. The summed E-state index contributed by atoms with van der Waals surface area (Å²) in [6, 6.07) is 18.6. The molecule has 2 N–H and O–H groups in total. The van der Waals surface area contributed by atoms with Gasteiger partial charge < -0.3 is 15.4 Å². The van der Waals surface area contributed by atoms with E-state index >= 15 is 0 Å². The van der Waals surface area contributed by atoms with Crippen LogP contribution in [0.1, 0.15) is 32.8 Å². The molecule has 3 nitrogen and oxygen atoms in total. The number of hydrogen-bond acceptors (Lipinski definition) is 2. The van der Waals surface area contributed by atoms with Crippen molar-refractivity contribution in [3.8, 4) is 5.75 Å². The van der Waals surface area contributed by atoms with Crippen LogP contribution in [0.25, 0.3) is 0 Å². The number of anilines is 1. The molecule has 0 fully saturated rings. The molecule has 0 saturated carbocycles. The normalized spacial score (nSPS) is 12.1. The molecule has 2 aromatic carbocycles. The van der Waals surface area contributed by atoms with Gasteiger partial charge in [-0.05, 0) is 60.8 Å². The minimum atomic E-state index is 0.0768. The zero-order valence-electron chi connectivity index (χ0n) is 15.8. The van der Waals surface area contributed by atoms with Gasteiger partial charge in [0.2, 0.25) is 0 Å². The van der Waals surface area contributed by atoms with Gasteiger partial charge in [0.05, 0.1) is 0 Å². The monoisotopic (exact) mass is 368 g/mol. The minimum absolute atomic E-state index is 0.0768. The molecule has 2 rings (SSSR count). The smallest absolute Gasteiger partial charge is 0.170 e. The number of rotatable bonds is 8. The molecule has 26 heavy (non-hydrogen) atoms. The lowest BCUT2D eigenvalue weighted by Gasteiger charge is -2.29. The van der Waals surface area contributed by atoms with Crippen LogP contribution < -0.4 is 15.4 Å². The second kappa shape index (κ2) is 9.39. The second-order valence-electron chi connectivity index (χ2n) is 7.08. The van der Waals surface area contributed by atoms with E-state index in [0.717, 1.165) is 17.9 Å². The van der Waals surface area contributed by atoms with Crippen molar-refractivity contribution in [1.29, 1.82) is 0 Å². The predicted molar refractivity (Wildman–Crippen MR) is 115 cm³/mol. The van der Waals surface area contributed by atoms with Gasteiger partial charge in [-0.3, -0.25) is 0 Å². The van der Waals surface area contributed by atoms with Crippen LogP contribution in [-0.4, -0.2) is 17.8 Å². The van der Waals surface area contributed by atoms with E-state index in [1.807, 2.05) is 30.3 Å².